The Bertz CT molecular complexity index is 976. The first-order valence-electron chi connectivity index (χ1n) is 10.8. The quantitative estimate of drug-likeness (QED) is 0.377. The summed E-state index contributed by atoms with van der Waals surface area (Å²) in [5, 5.41) is 9.60. The van der Waals surface area contributed by atoms with Gasteiger partial charge in [-0.3, -0.25) is 4.79 Å². The first-order valence-corrected chi connectivity index (χ1v) is 10.8. The minimum absolute atomic E-state index is 0.112. The van der Waals surface area contributed by atoms with Crippen molar-refractivity contribution in [1.29, 1.82) is 5.26 Å². The Morgan fingerprint density at radius 2 is 2.13 bits per heavy atom. The summed E-state index contributed by atoms with van der Waals surface area (Å²) in [5.41, 5.74) is 2.19. The van der Waals surface area contributed by atoms with Crippen LogP contribution in [-0.2, 0) is 9.53 Å². The number of allylic oxidation sites excluding steroid dienone is 9. The number of rotatable bonds is 6. The third kappa shape index (κ3) is 4.15. The van der Waals surface area contributed by atoms with E-state index in [4.69, 9.17) is 4.74 Å². The molecule has 0 bridgehead atoms. The average molecular weight is 429 g/mol. The van der Waals surface area contributed by atoms with Gasteiger partial charge in [0.1, 0.15) is 6.07 Å². The molecule has 0 aromatic heterocycles. The first-order chi connectivity index (χ1) is 14.7. The van der Waals surface area contributed by atoms with Crippen LogP contribution in [0.1, 0.15) is 46.0 Å². The molecular formula is C25H26F3NO2. The fourth-order valence-electron chi connectivity index (χ4n) is 5.07. The molecule has 5 unspecified atom stereocenters. The molecule has 2 saturated carbocycles. The van der Waals surface area contributed by atoms with Crippen LogP contribution in [0.3, 0.4) is 0 Å². The molecular weight excluding hydrogens is 403 g/mol. The van der Waals surface area contributed by atoms with E-state index in [0.29, 0.717) is 6.42 Å². The summed E-state index contributed by atoms with van der Waals surface area (Å²) in [6.45, 7) is 2.88. The number of alkyl halides is 3. The molecule has 164 valence electrons. The molecule has 0 aliphatic heterocycles. The molecule has 2 fully saturated rings. The molecule has 4 aliphatic carbocycles. The second-order valence-corrected chi connectivity index (χ2v) is 9.19. The van der Waals surface area contributed by atoms with Crippen molar-refractivity contribution in [2.75, 3.05) is 0 Å². The van der Waals surface area contributed by atoms with Crippen LogP contribution in [0.4, 0.5) is 13.2 Å². The number of ether oxygens (including phenoxy) is 1. The summed E-state index contributed by atoms with van der Waals surface area (Å²) in [4.78, 5) is 12.6. The van der Waals surface area contributed by atoms with E-state index >= 15 is 0 Å². The SMILES string of the molecule is C/C(=C\C1C2C(C(=O)OC(C#N)C3=CC(CC4=CC=CCC4)=CCC3)C12C)C(F)(F)F. The lowest BCUT2D eigenvalue weighted by atomic mass is 9.90. The molecule has 4 aliphatic rings. The highest BCUT2D eigenvalue weighted by atomic mass is 19.4. The number of fused-ring (bicyclic) bond motifs is 1. The molecule has 31 heavy (non-hydrogen) atoms. The van der Waals surface area contributed by atoms with Crippen molar-refractivity contribution >= 4 is 5.97 Å². The predicted octanol–water partition coefficient (Wildman–Crippen LogP) is 6.13. The highest BCUT2D eigenvalue weighted by Gasteiger charge is 2.85. The molecule has 0 saturated heterocycles. The highest BCUT2D eigenvalue weighted by molar-refractivity contribution is 5.82. The number of carbonyl (C=O) groups excluding carboxylic acids is 1. The Morgan fingerprint density at radius 1 is 1.39 bits per heavy atom. The zero-order valence-electron chi connectivity index (χ0n) is 17.7. The fourth-order valence-corrected chi connectivity index (χ4v) is 5.07. The minimum Gasteiger partial charge on any atom is -0.442 e. The van der Waals surface area contributed by atoms with Gasteiger partial charge in [-0.1, -0.05) is 49.0 Å². The van der Waals surface area contributed by atoms with Crippen LogP contribution >= 0.6 is 0 Å². The van der Waals surface area contributed by atoms with Gasteiger partial charge in [0.15, 0.2) is 0 Å². The molecule has 0 aromatic carbocycles. The van der Waals surface area contributed by atoms with Gasteiger partial charge >= 0.3 is 12.1 Å². The first kappa shape index (κ1) is 21.7. The largest absolute Gasteiger partial charge is 0.442 e. The number of carbonyl (C=O) groups is 1. The van der Waals surface area contributed by atoms with E-state index in [9.17, 15) is 23.2 Å². The molecule has 3 nitrogen and oxygen atoms in total. The standard InChI is InChI=1S/C25H26F3NO2/c1-15(25(26,27)28)11-19-21-22(24(19,21)2)23(30)31-20(14-29)18-10-6-9-17(13-18)12-16-7-4-3-5-8-16/h3-4,7,9,11,13,19-22H,5-6,8,10,12H2,1-2H3/b15-11+. The van der Waals surface area contributed by atoms with Crippen molar-refractivity contribution in [1.82, 2.24) is 0 Å². The Hall–Kier alpha value is -2.55. The Kier molecular flexibility index (Phi) is 5.49. The van der Waals surface area contributed by atoms with E-state index in [0.717, 1.165) is 43.8 Å². The van der Waals surface area contributed by atoms with E-state index in [1.807, 2.05) is 13.0 Å². The minimum atomic E-state index is -4.34. The second-order valence-electron chi connectivity index (χ2n) is 9.19. The van der Waals surface area contributed by atoms with Crippen molar-refractivity contribution in [2.24, 2.45) is 23.2 Å². The van der Waals surface area contributed by atoms with Crippen LogP contribution in [0.5, 0.6) is 0 Å². The average Bonchev–Trinajstić information content (AvgIpc) is 3.55. The Labute approximate surface area is 180 Å². The number of hydrogen-bond donors (Lipinski definition) is 0. The van der Waals surface area contributed by atoms with Crippen molar-refractivity contribution in [3.63, 3.8) is 0 Å². The maximum Gasteiger partial charge on any atom is 0.412 e. The van der Waals surface area contributed by atoms with Crippen LogP contribution in [0.15, 0.2) is 58.7 Å². The van der Waals surface area contributed by atoms with E-state index < -0.39 is 35.2 Å². The highest BCUT2D eigenvalue weighted by Crippen LogP contribution is 2.84. The van der Waals surface area contributed by atoms with Gasteiger partial charge in [-0.25, -0.2) is 0 Å². The molecule has 0 amide bonds. The molecule has 0 spiro atoms. The van der Waals surface area contributed by atoms with Crippen molar-refractivity contribution < 1.29 is 22.7 Å². The Morgan fingerprint density at radius 3 is 2.74 bits per heavy atom. The third-order valence-electron chi connectivity index (χ3n) is 7.19. The smallest absolute Gasteiger partial charge is 0.412 e. The molecule has 6 heteroatoms. The summed E-state index contributed by atoms with van der Waals surface area (Å²) in [7, 11) is 0. The van der Waals surface area contributed by atoms with E-state index in [-0.39, 0.29) is 11.8 Å². The number of nitrogens with zero attached hydrogens (tertiary/aromatic N) is 1. The summed E-state index contributed by atoms with van der Waals surface area (Å²) in [6, 6.07) is 2.09. The van der Waals surface area contributed by atoms with Crippen LogP contribution in [0, 0.1) is 34.5 Å². The van der Waals surface area contributed by atoms with Gasteiger partial charge in [0.05, 0.1) is 5.92 Å². The van der Waals surface area contributed by atoms with Crippen LogP contribution < -0.4 is 0 Å². The van der Waals surface area contributed by atoms with E-state index in [1.165, 1.54) is 11.6 Å². The zero-order chi connectivity index (χ0) is 22.4. The maximum atomic E-state index is 12.7. The van der Waals surface area contributed by atoms with Gasteiger partial charge < -0.3 is 4.74 Å². The van der Waals surface area contributed by atoms with Crippen LogP contribution in [0.2, 0.25) is 0 Å². The monoisotopic (exact) mass is 429 g/mol. The summed E-state index contributed by atoms with van der Waals surface area (Å²) < 4.78 is 43.8. The van der Waals surface area contributed by atoms with Gasteiger partial charge in [-0.05, 0) is 67.4 Å². The number of halogens is 3. The van der Waals surface area contributed by atoms with E-state index in [2.05, 4.69) is 30.4 Å². The van der Waals surface area contributed by atoms with Gasteiger partial charge in [0.2, 0.25) is 6.10 Å². The predicted molar refractivity (Wildman–Crippen MR) is 110 cm³/mol. The number of hydrogen-bond acceptors (Lipinski definition) is 3. The molecule has 5 atom stereocenters. The van der Waals surface area contributed by atoms with Gasteiger partial charge in [0.25, 0.3) is 0 Å². The molecule has 0 N–H and O–H groups in total. The molecule has 0 aromatic rings. The fraction of sp³-hybridized carbons (Fsp3) is 0.520. The van der Waals surface area contributed by atoms with Crippen LogP contribution in [0.25, 0.3) is 0 Å². The maximum absolute atomic E-state index is 12.7. The summed E-state index contributed by atoms with van der Waals surface area (Å²) >= 11 is 0. The van der Waals surface area contributed by atoms with Crippen molar-refractivity contribution in [3.8, 4) is 6.07 Å². The summed E-state index contributed by atoms with van der Waals surface area (Å²) in [5.74, 6) is -1.23. The summed E-state index contributed by atoms with van der Waals surface area (Å²) in [6.07, 6.45) is 10.8. The number of esters is 1. The van der Waals surface area contributed by atoms with Gasteiger partial charge in [-0.2, -0.15) is 18.4 Å². The van der Waals surface area contributed by atoms with Crippen molar-refractivity contribution in [3.05, 3.63) is 58.7 Å². The lowest BCUT2D eigenvalue weighted by molar-refractivity contribution is -0.149. The third-order valence-corrected chi connectivity index (χ3v) is 7.19. The molecule has 0 heterocycles. The van der Waals surface area contributed by atoms with Gasteiger partial charge in [0, 0.05) is 5.57 Å². The van der Waals surface area contributed by atoms with Crippen molar-refractivity contribution in [2.45, 2.75) is 58.2 Å². The molecule has 0 radical (unpaired) electrons. The zero-order valence-corrected chi connectivity index (χ0v) is 17.7. The lowest BCUT2D eigenvalue weighted by Crippen LogP contribution is -2.26. The molecule has 4 rings (SSSR count). The topological polar surface area (TPSA) is 50.1 Å². The van der Waals surface area contributed by atoms with Gasteiger partial charge in [-0.15, -0.1) is 0 Å². The normalized spacial score (nSPS) is 32.7. The van der Waals surface area contributed by atoms with E-state index in [1.54, 1.807) is 0 Å². The van der Waals surface area contributed by atoms with Crippen LogP contribution in [-0.4, -0.2) is 18.2 Å². The second kappa shape index (κ2) is 7.85. The Balaban J connectivity index is 1.36. The lowest BCUT2D eigenvalue weighted by Gasteiger charge is -2.21. The number of nitriles is 1.